The van der Waals surface area contributed by atoms with Crippen LogP contribution in [0.5, 0.6) is 0 Å². The quantitative estimate of drug-likeness (QED) is 0.556. The molecule has 21 heavy (non-hydrogen) atoms. The second kappa shape index (κ2) is 4.94. The molecule has 0 aliphatic heterocycles. The third kappa shape index (κ3) is 2.23. The van der Waals surface area contributed by atoms with Crippen LogP contribution in [0.1, 0.15) is 5.56 Å². The number of nitrogens with zero attached hydrogens (tertiary/aromatic N) is 2. The fourth-order valence-corrected chi connectivity index (χ4v) is 2.57. The topological polar surface area (TPSA) is 31.0 Å². The number of benzene rings is 2. The van der Waals surface area contributed by atoms with Gasteiger partial charge < -0.3 is 4.42 Å². The zero-order valence-electron chi connectivity index (χ0n) is 11.4. The zero-order valence-corrected chi connectivity index (χ0v) is 11.4. The highest BCUT2D eigenvalue weighted by molar-refractivity contribution is 5.83. The summed E-state index contributed by atoms with van der Waals surface area (Å²) in [6, 6.07) is 20.5. The number of rotatable bonds is 3. The maximum atomic E-state index is 5.44. The van der Waals surface area contributed by atoms with Crippen LogP contribution in [0.2, 0.25) is 0 Å². The van der Waals surface area contributed by atoms with E-state index in [2.05, 4.69) is 47.6 Å². The summed E-state index contributed by atoms with van der Waals surface area (Å²) in [6.07, 6.45) is 3.60. The molecule has 0 unspecified atom stereocenters. The van der Waals surface area contributed by atoms with Gasteiger partial charge in [0, 0.05) is 10.9 Å². The van der Waals surface area contributed by atoms with Gasteiger partial charge in [-0.2, -0.15) is 5.10 Å². The number of hydrogen-bond acceptors (Lipinski definition) is 2. The van der Waals surface area contributed by atoms with Gasteiger partial charge in [0.2, 0.25) is 0 Å². The second-order valence-corrected chi connectivity index (χ2v) is 5.04. The predicted octanol–water partition coefficient (Wildman–Crippen LogP) is 4.34. The molecule has 102 valence electrons. The molecule has 2 aromatic heterocycles. The van der Waals surface area contributed by atoms with Crippen molar-refractivity contribution in [1.82, 2.24) is 9.78 Å². The maximum absolute atomic E-state index is 5.44. The van der Waals surface area contributed by atoms with E-state index in [9.17, 15) is 0 Å². The number of fused-ring (bicyclic) bond motifs is 1. The molecule has 0 atom stereocenters. The summed E-state index contributed by atoms with van der Waals surface area (Å²) in [7, 11) is 0. The van der Waals surface area contributed by atoms with Gasteiger partial charge >= 0.3 is 0 Å². The van der Waals surface area contributed by atoms with E-state index < -0.39 is 0 Å². The highest BCUT2D eigenvalue weighted by Gasteiger charge is 2.06. The summed E-state index contributed by atoms with van der Waals surface area (Å²) in [5, 5.41) is 5.62. The van der Waals surface area contributed by atoms with Gasteiger partial charge in [0.05, 0.1) is 24.5 Å². The smallest absolute Gasteiger partial charge is 0.133 e. The Hall–Kier alpha value is -2.81. The van der Waals surface area contributed by atoms with Crippen LogP contribution >= 0.6 is 0 Å². The van der Waals surface area contributed by atoms with Gasteiger partial charge in [0.15, 0.2) is 0 Å². The van der Waals surface area contributed by atoms with E-state index >= 15 is 0 Å². The first-order valence-corrected chi connectivity index (χ1v) is 6.93. The highest BCUT2D eigenvalue weighted by Crippen LogP contribution is 2.25. The molecule has 0 aliphatic rings. The van der Waals surface area contributed by atoms with Crippen LogP contribution in [0.4, 0.5) is 0 Å². The Morgan fingerprint density at radius 2 is 1.86 bits per heavy atom. The van der Waals surface area contributed by atoms with Gasteiger partial charge in [0.1, 0.15) is 5.76 Å². The molecule has 4 rings (SSSR count). The summed E-state index contributed by atoms with van der Waals surface area (Å²) in [4.78, 5) is 0. The standard InChI is InChI=1S/C18H14N2O/c1-2-5-14(6-3-1)13-20-17-9-8-15(11-16(17)12-19-20)18-7-4-10-21-18/h1-12H,13H2. The number of aromatic nitrogens is 2. The van der Waals surface area contributed by atoms with Crippen LogP contribution < -0.4 is 0 Å². The summed E-state index contributed by atoms with van der Waals surface area (Å²) in [6.45, 7) is 0.782. The minimum Gasteiger partial charge on any atom is -0.464 e. The van der Waals surface area contributed by atoms with E-state index in [1.165, 1.54) is 5.56 Å². The zero-order chi connectivity index (χ0) is 14.1. The van der Waals surface area contributed by atoms with Crippen LogP contribution in [0, 0.1) is 0 Å². The summed E-state index contributed by atoms with van der Waals surface area (Å²) >= 11 is 0. The number of hydrogen-bond donors (Lipinski definition) is 0. The fourth-order valence-electron chi connectivity index (χ4n) is 2.57. The van der Waals surface area contributed by atoms with E-state index in [0.29, 0.717) is 0 Å². The highest BCUT2D eigenvalue weighted by atomic mass is 16.3. The van der Waals surface area contributed by atoms with Crippen molar-refractivity contribution in [3.05, 3.63) is 78.7 Å². The number of furan rings is 1. The lowest BCUT2D eigenvalue weighted by Crippen LogP contribution is -2.00. The molecule has 0 amide bonds. The van der Waals surface area contributed by atoms with Gasteiger partial charge in [0.25, 0.3) is 0 Å². The van der Waals surface area contributed by atoms with Crippen molar-refractivity contribution in [2.24, 2.45) is 0 Å². The molecular weight excluding hydrogens is 260 g/mol. The van der Waals surface area contributed by atoms with Crippen molar-refractivity contribution in [2.45, 2.75) is 6.54 Å². The Morgan fingerprint density at radius 1 is 0.952 bits per heavy atom. The van der Waals surface area contributed by atoms with E-state index in [1.807, 2.05) is 29.1 Å². The molecular formula is C18H14N2O. The molecule has 0 radical (unpaired) electrons. The van der Waals surface area contributed by atoms with E-state index in [-0.39, 0.29) is 0 Å². The van der Waals surface area contributed by atoms with Crippen LogP contribution in [0.3, 0.4) is 0 Å². The van der Waals surface area contributed by atoms with Crippen LogP contribution in [0.25, 0.3) is 22.2 Å². The minimum absolute atomic E-state index is 0.782. The van der Waals surface area contributed by atoms with Gasteiger partial charge in [-0.25, -0.2) is 0 Å². The largest absolute Gasteiger partial charge is 0.464 e. The maximum Gasteiger partial charge on any atom is 0.133 e. The second-order valence-electron chi connectivity index (χ2n) is 5.04. The molecule has 0 saturated carbocycles. The van der Waals surface area contributed by atoms with E-state index in [1.54, 1.807) is 6.26 Å². The predicted molar refractivity (Wildman–Crippen MR) is 83.0 cm³/mol. The molecule has 2 aromatic carbocycles. The summed E-state index contributed by atoms with van der Waals surface area (Å²) < 4.78 is 7.47. The molecule has 3 heteroatoms. The first kappa shape index (κ1) is 12.0. The lowest BCUT2D eigenvalue weighted by atomic mass is 10.1. The third-order valence-corrected chi connectivity index (χ3v) is 3.62. The Morgan fingerprint density at radius 3 is 2.67 bits per heavy atom. The summed E-state index contributed by atoms with van der Waals surface area (Å²) in [5.41, 5.74) is 3.46. The van der Waals surface area contributed by atoms with Crippen LogP contribution in [0.15, 0.2) is 77.5 Å². The first-order chi connectivity index (χ1) is 10.4. The average Bonchev–Trinajstić information content (AvgIpc) is 3.18. The molecule has 4 aromatic rings. The van der Waals surface area contributed by atoms with Gasteiger partial charge in [-0.3, -0.25) is 4.68 Å². The van der Waals surface area contributed by atoms with Gasteiger partial charge in [-0.15, -0.1) is 0 Å². The molecule has 0 saturated heterocycles. The summed E-state index contributed by atoms with van der Waals surface area (Å²) in [5.74, 6) is 0.882. The Bertz CT molecular complexity index is 861. The molecule has 0 bridgehead atoms. The van der Waals surface area contributed by atoms with Crippen molar-refractivity contribution in [1.29, 1.82) is 0 Å². The molecule has 3 nitrogen and oxygen atoms in total. The van der Waals surface area contributed by atoms with Crippen molar-refractivity contribution < 1.29 is 4.42 Å². The third-order valence-electron chi connectivity index (χ3n) is 3.62. The molecule has 0 aliphatic carbocycles. The molecule has 2 heterocycles. The van der Waals surface area contributed by atoms with Crippen molar-refractivity contribution in [3.63, 3.8) is 0 Å². The van der Waals surface area contributed by atoms with Crippen molar-refractivity contribution in [3.8, 4) is 11.3 Å². The Kier molecular flexibility index (Phi) is 2.82. The van der Waals surface area contributed by atoms with Crippen LogP contribution in [-0.4, -0.2) is 9.78 Å². The monoisotopic (exact) mass is 274 g/mol. The lowest BCUT2D eigenvalue weighted by molar-refractivity contribution is 0.582. The molecule has 0 spiro atoms. The Balaban J connectivity index is 1.72. The Labute approximate surface area is 122 Å². The normalized spacial score (nSPS) is 11.0. The minimum atomic E-state index is 0.782. The molecule has 0 fully saturated rings. The van der Waals surface area contributed by atoms with Gasteiger partial charge in [-0.05, 0) is 35.9 Å². The van der Waals surface area contributed by atoms with Crippen molar-refractivity contribution in [2.75, 3.05) is 0 Å². The lowest BCUT2D eigenvalue weighted by Gasteiger charge is -2.04. The van der Waals surface area contributed by atoms with E-state index in [4.69, 9.17) is 4.42 Å². The van der Waals surface area contributed by atoms with Crippen LogP contribution in [-0.2, 0) is 6.54 Å². The SMILES string of the molecule is c1ccc(Cn2ncc3cc(-c4ccco4)ccc32)cc1. The molecule has 0 N–H and O–H groups in total. The first-order valence-electron chi connectivity index (χ1n) is 6.93. The van der Waals surface area contributed by atoms with E-state index in [0.717, 1.165) is 28.8 Å². The fraction of sp³-hybridized carbons (Fsp3) is 0.0556. The average molecular weight is 274 g/mol. The van der Waals surface area contributed by atoms with Crippen molar-refractivity contribution >= 4 is 10.9 Å². The van der Waals surface area contributed by atoms with Gasteiger partial charge in [-0.1, -0.05) is 30.3 Å².